The van der Waals surface area contributed by atoms with Crippen molar-refractivity contribution >= 4 is 23.4 Å². The molecule has 2 aromatic carbocycles. The van der Waals surface area contributed by atoms with Crippen LogP contribution in [0.1, 0.15) is 30.0 Å². The maximum absolute atomic E-state index is 14.8. The molecule has 4 heterocycles. The molecule has 2 fully saturated rings. The van der Waals surface area contributed by atoms with Crippen molar-refractivity contribution in [1.82, 2.24) is 9.80 Å². The number of ether oxygens (including phenoxy) is 1. The van der Waals surface area contributed by atoms with E-state index in [1.165, 1.54) is 0 Å². The Labute approximate surface area is 247 Å². The summed E-state index contributed by atoms with van der Waals surface area (Å²) in [5.41, 5.74) is 2.35. The maximum Gasteiger partial charge on any atom is 0.253 e. The topological polar surface area (TPSA) is 90.4 Å². The molecule has 4 aliphatic rings. The van der Waals surface area contributed by atoms with Crippen LogP contribution in [0.5, 0.6) is 0 Å². The van der Waals surface area contributed by atoms with Gasteiger partial charge in [-0.05, 0) is 49.4 Å². The standard InChI is InChI=1S/C34H39N3O5/c1-4-16-35-17-8-12-27-28(31(35)39)29-32(40)37(25(21-38)20-24-10-6-5-7-11-24)30-33(41)36(18-9-15-34(29,30)42-27)26-19-22(2)13-14-23(26)3/h5-15,19,25,27-30,38H,4,16-18,20-21H2,1-3H3/t25-,27-,28+,29+,30?,34+/m1/s1. The van der Waals surface area contributed by atoms with Crippen molar-refractivity contribution in [3.63, 3.8) is 0 Å². The number of aryl methyl sites for hydroxylation is 2. The van der Waals surface area contributed by atoms with Crippen LogP contribution in [-0.2, 0) is 25.5 Å². The van der Waals surface area contributed by atoms with Crippen molar-refractivity contribution in [3.05, 3.63) is 89.5 Å². The van der Waals surface area contributed by atoms with E-state index in [9.17, 15) is 19.5 Å². The van der Waals surface area contributed by atoms with Crippen molar-refractivity contribution in [1.29, 1.82) is 0 Å². The number of likely N-dealkylation sites (tertiary alicyclic amines) is 1. The number of carbonyl (C=O) groups excluding carboxylic acids is 3. The van der Waals surface area contributed by atoms with E-state index in [4.69, 9.17) is 4.74 Å². The van der Waals surface area contributed by atoms with Crippen molar-refractivity contribution in [2.45, 2.75) is 57.4 Å². The molecule has 42 heavy (non-hydrogen) atoms. The lowest BCUT2D eigenvalue weighted by Crippen LogP contribution is -2.58. The summed E-state index contributed by atoms with van der Waals surface area (Å²) in [6.07, 6.45) is 8.13. The lowest BCUT2D eigenvalue weighted by molar-refractivity contribution is -0.146. The van der Waals surface area contributed by atoms with Gasteiger partial charge in [-0.3, -0.25) is 14.4 Å². The van der Waals surface area contributed by atoms with Crippen LogP contribution in [0.2, 0.25) is 0 Å². The molecule has 220 valence electrons. The summed E-state index contributed by atoms with van der Waals surface area (Å²) in [5.74, 6) is -2.35. The molecule has 1 N–H and O–H groups in total. The fourth-order valence-electron chi connectivity index (χ4n) is 7.36. The van der Waals surface area contributed by atoms with E-state index in [1.807, 2.05) is 93.6 Å². The highest BCUT2D eigenvalue weighted by atomic mass is 16.5. The van der Waals surface area contributed by atoms with Crippen LogP contribution in [0.15, 0.2) is 72.8 Å². The minimum Gasteiger partial charge on any atom is -0.394 e. The number of rotatable bonds is 7. The summed E-state index contributed by atoms with van der Waals surface area (Å²) in [4.78, 5) is 48.5. The molecule has 0 radical (unpaired) electrons. The molecule has 1 unspecified atom stereocenters. The predicted octanol–water partition coefficient (Wildman–Crippen LogP) is 3.20. The number of hydrogen-bond donors (Lipinski definition) is 1. The van der Waals surface area contributed by atoms with Crippen LogP contribution in [0.25, 0.3) is 0 Å². The maximum atomic E-state index is 14.8. The number of nitrogens with zero attached hydrogens (tertiary/aromatic N) is 3. The van der Waals surface area contributed by atoms with Gasteiger partial charge >= 0.3 is 0 Å². The van der Waals surface area contributed by atoms with Gasteiger partial charge in [-0.25, -0.2) is 0 Å². The normalized spacial score (nSPS) is 29.3. The number of aliphatic hydroxyl groups excluding tert-OH is 1. The monoisotopic (exact) mass is 569 g/mol. The third-order valence-corrected chi connectivity index (χ3v) is 9.25. The Morgan fingerprint density at radius 1 is 1.00 bits per heavy atom. The van der Waals surface area contributed by atoms with Gasteiger partial charge in [0.1, 0.15) is 11.6 Å². The van der Waals surface area contributed by atoms with Gasteiger partial charge in [-0.1, -0.05) is 73.7 Å². The van der Waals surface area contributed by atoms with Crippen molar-refractivity contribution in [3.8, 4) is 0 Å². The molecule has 8 heteroatoms. The summed E-state index contributed by atoms with van der Waals surface area (Å²) in [5, 5.41) is 10.7. The van der Waals surface area contributed by atoms with E-state index in [0.717, 1.165) is 28.8 Å². The van der Waals surface area contributed by atoms with Gasteiger partial charge in [0.05, 0.1) is 30.6 Å². The molecule has 1 spiro atoms. The zero-order chi connectivity index (χ0) is 29.6. The highest BCUT2D eigenvalue weighted by Gasteiger charge is 2.72. The average Bonchev–Trinajstić information content (AvgIpc) is 3.31. The Morgan fingerprint density at radius 2 is 1.79 bits per heavy atom. The van der Waals surface area contributed by atoms with Gasteiger partial charge in [0, 0.05) is 25.3 Å². The second kappa shape index (κ2) is 11.2. The van der Waals surface area contributed by atoms with Crippen LogP contribution in [0.4, 0.5) is 5.69 Å². The molecule has 0 aromatic heterocycles. The number of fused-ring (bicyclic) bond motifs is 2. The highest BCUT2D eigenvalue weighted by Crippen LogP contribution is 2.54. The average molecular weight is 570 g/mol. The SMILES string of the molecule is CCCN1CC=C[C@H]2O[C@]34C=CCN(c5cc(C)ccc5C)C(=O)C3N([C@@H](CO)Cc3ccccc3)C(=O)[C@@H]4[C@H]2C1=O. The van der Waals surface area contributed by atoms with E-state index in [2.05, 4.69) is 0 Å². The van der Waals surface area contributed by atoms with Gasteiger partial charge in [-0.2, -0.15) is 0 Å². The van der Waals surface area contributed by atoms with Crippen molar-refractivity contribution in [2.24, 2.45) is 11.8 Å². The molecule has 0 aliphatic carbocycles. The van der Waals surface area contributed by atoms with Crippen molar-refractivity contribution in [2.75, 3.05) is 31.1 Å². The first-order chi connectivity index (χ1) is 20.3. The quantitative estimate of drug-likeness (QED) is 0.518. The molecule has 4 aliphatic heterocycles. The summed E-state index contributed by atoms with van der Waals surface area (Å²) < 4.78 is 6.78. The summed E-state index contributed by atoms with van der Waals surface area (Å²) in [6.45, 7) is 7.00. The van der Waals surface area contributed by atoms with Gasteiger partial charge in [0.2, 0.25) is 11.8 Å². The third kappa shape index (κ3) is 4.48. The smallest absolute Gasteiger partial charge is 0.253 e. The Bertz CT molecular complexity index is 1440. The third-order valence-electron chi connectivity index (χ3n) is 9.25. The lowest BCUT2D eigenvalue weighted by Gasteiger charge is -2.39. The highest BCUT2D eigenvalue weighted by molar-refractivity contribution is 6.06. The van der Waals surface area contributed by atoms with Crippen LogP contribution in [-0.4, -0.2) is 82.7 Å². The van der Waals surface area contributed by atoms with E-state index in [1.54, 1.807) is 14.7 Å². The lowest BCUT2D eigenvalue weighted by atomic mass is 9.77. The second-order valence-electron chi connectivity index (χ2n) is 12.0. The Hall–Kier alpha value is -3.75. The first kappa shape index (κ1) is 28.4. The molecule has 6 atom stereocenters. The van der Waals surface area contributed by atoms with Crippen molar-refractivity contribution < 1.29 is 24.2 Å². The first-order valence-corrected chi connectivity index (χ1v) is 15.0. The molecule has 2 aromatic rings. The molecule has 8 nitrogen and oxygen atoms in total. The van der Waals surface area contributed by atoms with Gasteiger partial charge in [-0.15, -0.1) is 0 Å². The molecule has 6 rings (SSSR count). The largest absolute Gasteiger partial charge is 0.394 e. The molecule has 0 bridgehead atoms. The molecule has 3 amide bonds. The number of carbonyl (C=O) groups is 3. The Kier molecular flexibility index (Phi) is 7.53. The van der Waals surface area contributed by atoms with E-state index in [0.29, 0.717) is 26.1 Å². The van der Waals surface area contributed by atoms with Gasteiger partial charge < -0.3 is 24.5 Å². The summed E-state index contributed by atoms with van der Waals surface area (Å²) in [7, 11) is 0. The number of amides is 3. The minimum atomic E-state index is -1.34. The fraction of sp³-hybridized carbons (Fsp3) is 0.441. The molecular weight excluding hydrogens is 530 g/mol. The van der Waals surface area contributed by atoms with Crippen LogP contribution in [0.3, 0.4) is 0 Å². The summed E-state index contributed by atoms with van der Waals surface area (Å²) >= 11 is 0. The predicted molar refractivity (Wildman–Crippen MR) is 160 cm³/mol. The van der Waals surface area contributed by atoms with Gasteiger partial charge in [0.15, 0.2) is 0 Å². The zero-order valence-corrected chi connectivity index (χ0v) is 24.5. The molecule has 2 saturated heterocycles. The van der Waals surface area contributed by atoms with Crippen LogP contribution < -0.4 is 4.90 Å². The fourth-order valence-corrected chi connectivity index (χ4v) is 7.36. The molecule has 0 saturated carbocycles. The number of hydrogen-bond acceptors (Lipinski definition) is 5. The molecular formula is C34H39N3O5. The van der Waals surface area contributed by atoms with E-state index in [-0.39, 0.29) is 24.3 Å². The summed E-state index contributed by atoms with van der Waals surface area (Å²) in [6, 6.07) is 13.9. The second-order valence-corrected chi connectivity index (χ2v) is 12.0. The van der Waals surface area contributed by atoms with E-state index >= 15 is 0 Å². The van der Waals surface area contributed by atoms with Crippen LogP contribution >= 0.6 is 0 Å². The first-order valence-electron chi connectivity index (χ1n) is 15.0. The minimum absolute atomic E-state index is 0.122. The Balaban J connectivity index is 1.48. The number of aliphatic hydroxyl groups is 1. The van der Waals surface area contributed by atoms with Gasteiger partial charge in [0.25, 0.3) is 5.91 Å². The van der Waals surface area contributed by atoms with E-state index < -0.39 is 35.6 Å². The zero-order valence-electron chi connectivity index (χ0n) is 24.5. The number of anilines is 1. The number of benzene rings is 2. The Morgan fingerprint density at radius 3 is 2.52 bits per heavy atom. The van der Waals surface area contributed by atoms with Crippen LogP contribution in [0, 0.1) is 25.7 Å².